The van der Waals surface area contributed by atoms with Gasteiger partial charge in [0.15, 0.2) is 0 Å². The second-order valence-corrected chi connectivity index (χ2v) is 8.92. The van der Waals surface area contributed by atoms with Crippen LogP contribution in [0.1, 0.15) is 22.3 Å². The van der Waals surface area contributed by atoms with Gasteiger partial charge in [0, 0.05) is 5.66 Å². The zero-order valence-electron chi connectivity index (χ0n) is 16.4. The Morgan fingerprint density at radius 3 is 1.27 bits per heavy atom. The van der Waals surface area contributed by atoms with Crippen molar-refractivity contribution in [1.82, 2.24) is 0 Å². The van der Waals surface area contributed by atoms with E-state index in [1.54, 1.807) is 14.2 Å². The molecule has 2 aromatic carbocycles. The van der Waals surface area contributed by atoms with Gasteiger partial charge in [-0.25, -0.2) is 0 Å². The Morgan fingerprint density at radius 2 is 0.962 bits per heavy atom. The summed E-state index contributed by atoms with van der Waals surface area (Å²) < 4.78 is 11.1. The minimum Gasteiger partial charge on any atom is -0.496 e. The molecule has 1 aliphatic carbocycles. The number of benzene rings is 2. The highest BCUT2D eigenvalue weighted by atomic mass is 31.1. The van der Waals surface area contributed by atoms with Crippen LogP contribution < -0.4 is 20.1 Å². The van der Waals surface area contributed by atoms with E-state index >= 15 is 0 Å². The van der Waals surface area contributed by atoms with Crippen molar-refractivity contribution in [1.29, 1.82) is 0 Å². The Bertz CT molecular complexity index is 685. The van der Waals surface area contributed by atoms with Gasteiger partial charge >= 0.3 is 0 Å². The van der Waals surface area contributed by atoms with Crippen molar-refractivity contribution in [3.05, 3.63) is 77.9 Å². The molecule has 3 heteroatoms. The molecule has 26 heavy (non-hydrogen) atoms. The van der Waals surface area contributed by atoms with Gasteiger partial charge in [-0.2, -0.15) is 0 Å². The Hall–Kier alpha value is -1.53. The minimum absolute atomic E-state index is 0.620. The third-order valence-corrected chi connectivity index (χ3v) is 7.08. The lowest BCUT2D eigenvalue weighted by Crippen LogP contribution is -2.18. The molecule has 1 saturated carbocycles. The fourth-order valence-corrected chi connectivity index (χ4v) is 6.37. The summed E-state index contributed by atoms with van der Waals surface area (Å²) in [6.45, 7) is 8.49. The Kier molecular flexibility index (Phi) is 5.92. The van der Waals surface area contributed by atoms with E-state index in [9.17, 15) is 0 Å². The maximum absolute atomic E-state index is 5.57. The van der Waals surface area contributed by atoms with Crippen molar-refractivity contribution < 1.29 is 9.47 Å². The Balaban J connectivity index is 2.13. The van der Waals surface area contributed by atoms with Gasteiger partial charge < -0.3 is 9.47 Å². The van der Waals surface area contributed by atoms with Crippen LogP contribution in [-0.4, -0.2) is 14.2 Å². The fraction of sp³-hybridized carbons (Fsp3) is 0.261. The number of aryl methyl sites for hydroxylation is 4. The van der Waals surface area contributed by atoms with Gasteiger partial charge in [0.2, 0.25) is 0 Å². The summed E-state index contributed by atoms with van der Waals surface area (Å²) in [4.78, 5) is 0. The highest BCUT2D eigenvalue weighted by Crippen LogP contribution is 2.52. The second-order valence-electron chi connectivity index (χ2n) is 6.70. The van der Waals surface area contributed by atoms with Crippen LogP contribution in [-0.2, 0) is 0 Å². The van der Waals surface area contributed by atoms with Crippen LogP contribution in [0.25, 0.3) is 0 Å². The molecule has 0 N–H and O–H groups in total. The van der Waals surface area contributed by atoms with Crippen LogP contribution >= 0.6 is 7.92 Å². The summed E-state index contributed by atoms with van der Waals surface area (Å²) >= 11 is 0. The monoisotopic (exact) mass is 365 g/mol. The van der Waals surface area contributed by atoms with Crippen LogP contribution in [0.3, 0.4) is 0 Å². The molecule has 1 fully saturated rings. The van der Waals surface area contributed by atoms with Crippen LogP contribution in [0.2, 0.25) is 0 Å². The minimum atomic E-state index is -0.620. The average Bonchev–Trinajstić information content (AvgIpc) is 3.09. The average molecular weight is 365 g/mol. The fourth-order valence-electron chi connectivity index (χ4n) is 3.72. The van der Waals surface area contributed by atoms with E-state index in [0.29, 0.717) is 0 Å². The van der Waals surface area contributed by atoms with E-state index in [0.717, 1.165) is 11.5 Å². The topological polar surface area (TPSA) is 18.5 Å². The molecule has 135 valence electrons. The number of hydrogen-bond acceptors (Lipinski definition) is 2. The molecule has 5 radical (unpaired) electrons. The quantitative estimate of drug-likeness (QED) is 0.713. The van der Waals surface area contributed by atoms with E-state index in [1.807, 2.05) is 0 Å². The van der Waals surface area contributed by atoms with Gasteiger partial charge in [-0.05, 0) is 118 Å². The highest BCUT2D eigenvalue weighted by molar-refractivity contribution is 7.76. The molecular formula is C23H26O2P. The molecule has 3 rings (SSSR count). The molecule has 0 aliphatic heterocycles. The largest absolute Gasteiger partial charge is 0.496 e. The van der Waals surface area contributed by atoms with E-state index in [2.05, 4.69) is 77.6 Å². The summed E-state index contributed by atoms with van der Waals surface area (Å²) in [6.07, 6.45) is 8.71. The summed E-state index contributed by atoms with van der Waals surface area (Å²) in [5, 5.41) is 2.71. The lowest BCUT2D eigenvalue weighted by molar-refractivity contribution is 0.408. The Morgan fingerprint density at radius 1 is 0.615 bits per heavy atom. The predicted octanol–water partition coefficient (Wildman–Crippen LogP) is 4.73. The zero-order valence-corrected chi connectivity index (χ0v) is 17.3. The Labute approximate surface area is 159 Å². The van der Waals surface area contributed by atoms with E-state index in [-0.39, 0.29) is 0 Å². The third-order valence-electron chi connectivity index (χ3n) is 4.72. The van der Waals surface area contributed by atoms with Crippen molar-refractivity contribution in [3.8, 4) is 11.5 Å². The molecule has 0 spiro atoms. The third kappa shape index (κ3) is 3.62. The molecular weight excluding hydrogens is 339 g/mol. The second kappa shape index (κ2) is 8.01. The number of rotatable bonds is 5. The van der Waals surface area contributed by atoms with E-state index in [4.69, 9.17) is 9.47 Å². The summed E-state index contributed by atoms with van der Waals surface area (Å²) in [5.41, 5.74) is 6.10. The molecule has 0 heterocycles. The van der Waals surface area contributed by atoms with Crippen LogP contribution in [0, 0.1) is 59.0 Å². The summed E-state index contributed by atoms with van der Waals surface area (Å²) in [7, 11) is 2.86. The SMILES string of the molecule is COc1c(C)cc(P([C]2[CH][CH][CH][CH]2)c2cc(C)c(OC)c(C)c2)cc1C. The summed E-state index contributed by atoms with van der Waals surface area (Å²) in [5.74, 6) is 1.96. The smallest absolute Gasteiger partial charge is 0.124 e. The molecule has 0 saturated heterocycles. The highest BCUT2D eigenvalue weighted by Gasteiger charge is 2.30. The van der Waals surface area contributed by atoms with Crippen LogP contribution in [0.15, 0.2) is 24.3 Å². The maximum atomic E-state index is 5.57. The summed E-state index contributed by atoms with van der Waals surface area (Å²) in [6, 6.07) is 9.11. The number of methoxy groups -OCH3 is 2. The molecule has 2 aromatic rings. The van der Waals surface area contributed by atoms with Crippen molar-refractivity contribution in [2.45, 2.75) is 27.7 Å². The zero-order chi connectivity index (χ0) is 18.8. The van der Waals surface area contributed by atoms with Crippen molar-refractivity contribution in [2.75, 3.05) is 14.2 Å². The maximum Gasteiger partial charge on any atom is 0.124 e. The lowest BCUT2D eigenvalue weighted by Gasteiger charge is -2.27. The van der Waals surface area contributed by atoms with Gasteiger partial charge in [-0.15, -0.1) is 0 Å². The molecule has 2 nitrogen and oxygen atoms in total. The molecule has 0 atom stereocenters. The van der Waals surface area contributed by atoms with Crippen molar-refractivity contribution in [3.63, 3.8) is 0 Å². The molecule has 1 aliphatic rings. The van der Waals surface area contributed by atoms with Gasteiger partial charge in [0.25, 0.3) is 0 Å². The first-order valence-corrected chi connectivity index (χ1v) is 10.1. The standard InChI is InChI=1S/C23H26O2P/c1-15-11-20(12-16(2)22(15)24-5)26(19-9-7-8-10-19)21-13-17(3)23(25-6)18(4)14-21/h7-14H,1-6H3. The van der Waals surface area contributed by atoms with Crippen molar-refractivity contribution >= 4 is 18.5 Å². The first-order chi connectivity index (χ1) is 12.5. The van der Waals surface area contributed by atoms with Gasteiger partial charge in [-0.3, -0.25) is 0 Å². The molecule has 0 amide bonds. The first kappa shape index (κ1) is 19.2. The van der Waals surface area contributed by atoms with Gasteiger partial charge in [-0.1, -0.05) is 0 Å². The van der Waals surface area contributed by atoms with Crippen LogP contribution in [0.4, 0.5) is 0 Å². The normalized spacial score (nSPS) is 14.9. The van der Waals surface area contributed by atoms with Crippen LogP contribution in [0.5, 0.6) is 11.5 Å². The van der Waals surface area contributed by atoms with Crippen molar-refractivity contribution in [2.24, 2.45) is 0 Å². The van der Waals surface area contributed by atoms with E-state index < -0.39 is 7.92 Å². The first-order valence-electron chi connectivity index (χ1n) is 8.78. The lowest BCUT2D eigenvalue weighted by atomic mass is 10.1. The molecule has 0 aromatic heterocycles. The van der Waals surface area contributed by atoms with E-state index in [1.165, 1.54) is 38.5 Å². The molecule has 0 bridgehead atoms. The van der Waals surface area contributed by atoms with Gasteiger partial charge in [0.1, 0.15) is 11.5 Å². The van der Waals surface area contributed by atoms with Gasteiger partial charge in [0.05, 0.1) is 14.2 Å². The molecule has 0 unspecified atom stereocenters. The number of ether oxygens (including phenoxy) is 2. The number of hydrogen-bond donors (Lipinski definition) is 0. The predicted molar refractivity (Wildman–Crippen MR) is 112 cm³/mol.